The average molecular weight is 576 g/mol. The third kappa shape index (κ3) is 8.41. The van der Waals surface area contributed by atoms with Gasteiger partial charge in [0.25, 0.3) is 0 Å². The molecular formula is C20H32F3IN4O2S. The maximum atomic E-state index is 12.7. The van der Waals surface area contributed by atoms with Crippen LogP contribution in [-0.4, -0.2) is 57.4 Å². The Morgan fingerprint density at radius 1 is 1.13 bits per heavy atom. The summed E-state index contributed by atoms with van der Waals surface area (Å²) in [6, 6.07) is 10.2. The fourth-order valence-corrected chi connectivity index (χ4v) is 4.48. The highest BCUT2D eigenvalue weighted by Gasteiger charge is 2.50. The Morgan fingerprint density at radius 3 is 2.23 bits per heavy atom. The summed E-state index contributed by atoms with van der Waals surface area (Å²) < 4.78 is 61.5. The number of halogens is 4. The lowest BCUT2D eigenvalue weighted by atomic mass is 9.86. The average Bonchev–Trinajstić information content (AvgIpc) is 2.68. The monoisotopic (exact) mass is 576 g/mol. The molecule has 0 spiro atoms. The van der Waals surface area contributed by atoms with E-state index >= 15 is 0 Å². The van der Waals surface area contributed by atoms with E-state index in [0.717, 1.165) is 6.42 Å². The van der Waals surface area contributed by atoms with Crippen LogP contribution in [-0.2, 0) is 16.4 Å². The van der Waals surface area contributed by atoms with Gasteiger partial charge in [-0.3, -0.25) is 4.99 Å². The topological polar surface area (TPSA) is 73.8 Å². The minimum absolute atomic E-state index is 0. The van der Waals surface area contributed by atoms with Gasteiger partial charge in [-0.2, -0.15) is 17.5 Å². The molecule has 0 aliphatic carbocycles. The van der Waals surface area contributed by atoms with Crippen molar-refractivity contribution in [3.63, 3.8) is 0 Å². The van der Waals surface area contributed by atoms with Crippen LogP contribution in [0.4, 0.5) is 13.2 Å². The van der Waals surface area contributed by atoms with Gasteiger partial charge in [-0.1, -0.05) is 44.2 Å². The zero-order valence-corrected chi connectivity index (χ0v) is 21.2. The molecule has 0 aromatic heterocycles. The summed E-state index contributed by atoms with van der Waals surface area (Å²) in [4.78, 5) is 4.21. The summed E-state index contributed by atoms with van der Waals surface area (Å²) in [6.07, 6.45) is 1.65. The Balaban J connectivity index is 0.00000480. The minimum Gasteiger partial charge on any atom is -0.356 e. The smallest absolute Gasteiger partial charge is 0.356 e. The first-order chi connectivity index (χ1) is 13.9. The van der Waals surface area contributed by atoms with Crippen LogP contribution in [0.25, 0.3) is 0 Å². The van der Waals surface area contributed by atoms with Crippen LogP contribution in [0, 0.1) is 11.3 Å². The van der Waals surface area contributed by atoms with Gasteiger partial charge in [-0.05, 0) is 36.2 Å². The molecule has 1 aromatic carbocycles. The molecule has 11 heteroatoms. The molecule has 6 nitrogen and oxygen atoms in total. The number of rotatable bonds is 7. The normalized spacial score (nSPS) is 17.2. The number of hydrogen-bond acceptors (Lipinski definition) is 3. The van der Waals surface area contributed by atoms with Gasteiger partial charge in [0.1, 0.15) is 0 Å². The molecule has 2 N–H and O–H groups in total. The molecule has 178 valence electrons. The molecule has 0 radical (unpaired) electrons. The van der Waals surface area contributed by atoms with Crippen molar-refractivity contribution in [3.8, 4) is 0 Å². The van der Waals surface area contributed by atoms with E-state index in [1.54, 1.807) is 7.05 Å². The molecule has 0 saturated carbocycles. The molecule has 0 atom stereocenters. The number of guanidine groups is 1. The summed E-state index contributed by atoms with van der Waals surface area (Å²) in [5, 5.41) is 6.51. The molecule has 1 aromatic rings. The maximum Gasteiger partial charge on any atom is 0.511 e. The third-order valence-electron chi connectivity index (χ3n) is 5.25. The van der Waals surface area contributed by atoms with E-state index < -0.39 is 15.5 Å². The lowest BCUT2D eigenvalue weighted by Gasteiger charge is -2.32. The Hall–Kier alpha value is -1.08. The number of nitrogens with zero attached hydrogens (tertiary/aromatic N) is 2. The van der Waals surface area contributed by atoms with E-state index in [0.29, 0.717) is 36.2 Å². The molecule has 1 fully saturated rings. The molecule has 0 amide bonds. The molecule has 0 bridgehead atoms. The van der Waals surface area contributed by atoms with E-state index in [1.807, 2.05) is 18.2 Å². The molecular weight excluding hydrogens is 544 g/mol. The Morgan fingerprint density at radius 2 is 1.71 bits per heavy atom. The fraction of sp³-hybridized carbons (Fsp3) is 0.650. The largest absolute Gasteiger partial charge is 0.511 e. The summed E-state index contributed by atoms with van der Waals surface area (Å²) in [5.74, 6) is 0.710. The number of nitrogens with one attached hydrogen (secondary N) is 2. The second-order valence-electron chi connectivity index (χ2n) is 8.43. The first-order valence-electron chi connectivity index (χ1n) is 9.99. The summed E-state index contributed by atoms with van der Waals surface area (Å²) in [6.45, 7) is 5.31. The molecule has 0 unspecified atom stereocenters. The quantitative estimate of drug-likeness (QED) is 0.296. The number of alkyl halides is 3. The molecule has 1 aliphatic heterocycles. The van der Waals surface area contributed by atoms with Crippen molar-refractivity contribution < 1.29 is 21.6 Å². The number of benzene rings is 1. The van der Waals surface area contributed by atoms with Crippen LogP contribution in [0.5, 0.6) is 0 Å². The van der Waals surface area contributed by atoms with Crippen LogP contribution >= 0.6 is 24.0 Å². The molecule has 31 heavy (non-hydrogen) atoms. The SMILES string of the molecule is CN=C(NCC1CCN(S(=O)(=O)C(F)(F)F)CC1)NCC(C)(C)Cc1ccccc1.I. The summed E-state index contributed by atoms with van der Waals surface area (Å²) in [7, 11) is -3.57. The van der Waals surface area contributed by atoms with Crippen LogP contribution in [0.1, 0.15) is 32.3 Å². The second-order valence-corrected chi connectivity index (χ2v) is 10.4. The van der Waals surface area contributed by atoms with E-state index in [-0.39, 0.29) is 48.4 Å². The van der Waals surface area contributed by atoms with E-state index in [1.165, 1.54) is 5.56 Å². The van der Waals surface area contributed by atoms with E-state index in [2.05, 4.69) is 41.6 Å². The van der Waals surface area contributed by atoms with Gasteiger partial charge < -0.3 is 10.6 Å². The number of aliphatic imine (C=N–C) groups is 1. The molecule has 2 rings (SSSR count). The van der Waals surface area contributed by atoms with E-state index in [4.69, 9.17) is 0 Å². The van der Waals surface area contributed by atoms with Gasteiger partial charge in [0.15, 0.2) is 5.96 Å². The standard InChI is InChI=1S/C20H31F3N4O2S.HI/c1-19(2,13-16-7-5-4-6-8-16)15-26-18(24-3)25-14-17-9-11-27(12-10-17)30(28,29)20(21,22)23;/h4-8,17H,9-15H2,1-3H3,(H2,24,25,26);1H. The van der Waals surface area contributed by atoms with Crippen molar-refractivity contribution in [3.05, 3.63) is 35.9 Å². The number of hydrogen-bond donors (Lipinski definition) is 2. The van der Waals surface area contributed by atoms with Crippen LogP contribution < -0.4 is 10.6 Å². The van der Waals surface area contributed by atoms with Crippen molar-refractivity contribution in [2.24, 2.45) is 16.3 Å². The Labute approximate surface area is 200 Å². The first kappa shape index (κ1) is 28.0. The maximum absolute atomic E-state index is 12.7. The second kappa shape index (κ2) is 11.7. The van der Waals surface area contributed by atoms with Gasteiger partial charge in [0.05, 0.1) is 0 Å². The van der Waals surface area contributed by atoms with Crippen LogP contribution in [0.15, 0.2) is 35.3 Å². The predicted molar refractivity (Wildman–Crippen MR) is 128 cm³/mol. The minimum atomic E-state index is -5.24. The highest BCUT2D eigenvalue weighted by molar-refractivity contribution is 14.0. The molecule has 1 saturated heterocycles. The van der Waals surface area contributed by atoms with Crippen molar-refractivity contribution in [2.75, 3.05) is 33.2 Å². The Bertz CT molecular complexity index is 809. The molecule has 1 aliphatic rings. The summed E-state index contributed by atoms with van der Waals surface area (Å²) >= 11 is 0. The lowest BCUT2D eigenvalue weighted by Crippen LogP contribution is -2.48. The number of piperidine rings is 1. The number of sulfonamides is 1. The zero-order valence-electron chi connectivity index (χ0n) is 18.1. The van der Waals surface area contributed by atoms with Crippen molar-refractivity contribution in [1.82, 2.24) is 14.9 Å². The third-order valence-corrected chi connectivity index (χ3v) is 6.88. The van der Waals surface area contributed by atoms with Crippen molar-refractivity contribution in [2.45, 2.75) is 38.6 Å². The van der Waals surface area contributed by atoms with Gasteiger partial charge in [0, 0.05) is 33.2 Å². The highest BCUT2D eigenvalue weighted by atomic mass is 127. The lowest BCUT2D eigenvalue weighted by molar-refractivity contribution is -0.0496. The first-order valence-corrected chi connectivity index (χ1v) is 11.4. The van der Waals surface area contributed by atoms with Gasteiger partial charge in [0.2, 0.25) is 0 Å². The zero-order chi connectivity index (χ0) is 22.4. The predicted octanol–water partition coefficient (Wildman–Crippen LogP) is 3.60. The van der Waals surface area contributed by atoms with Crippen LogP contribution in [0.3, 0.4) is 0 Å². The van der Waals surface area contributed by atoms with Gasteiger partial charge in [-0.25, -0.2) is 8.42 Å². The van der Waals surface area contributed by atoms with Crippen LogP contribution in [0.2, 0.25) is 0 Å². The van der Waals surface area contributed by atoms with Crippen molar-refractivity contribution in [1.29, 1.82) is 0 Å². The summed E-state index contributed by atoms with van der Waals surface area (Å²) in [5.41, 5.74) is -3.99. The van der Waals surface area contributed by atoms with E-state index in [9.17, 15) is 21.6 Å². The van der Waals surface area contributed by atoms with Crippen molar-refractivity contribution >= 4 is 40.0 Å². The van der Waals surface area contributed by atoms with Gasteiger partial charge in [-0.15, -0.1) is 24.0 Å². The molecule has 1 heterocycles. The highest BCUT2D eigenvalue weighted by Crippen LogP contribution is 2.30. The van der Waals surface area contributed by atoms with Gasteiger partial charge >= 0.3 is 15.5 Å². The Kier molecular flexibility index (Phi) is 10.5. The fourth-order valence-electron chi connectivity index (χ4n) is 3.50.